The zero-order valence-corrected chi connectivity index (χ0v) is 14.4. The van der Waals surface area contributed by atoms with Gasteiger partial charge in [-0.15, -0.1) is 0 Å². The molecule has 2 heterocycles. The van der Waals surface area contributed by atoms with Crippen LogP contribution in [0.2, 0.25) is 0 Å². The van der Waals surface area contributed by atoms with Crippen LogP contribution in [-0.4, -0.2) is 32.2 Å². The van der Waals surface area contributed by atoms with E-state index in [-0.39, 0.29) is 17.9 Å². The fourth-order valence-corrected chi connectivity index (χ4v) is 3.17. The lowest BCUT2D eigenvalue weighted by molar-refractivity contribution is -0.117. The van der Waals surface area contributed by atoms with Crippen LogP contribution in [0.4, 0.5) is 4.79 Å². The van der Waals surface area contributed by atoms with Crippen molar-refractivity contribution in [3.63, 3.8) is 0 Å². The van der Waals surface area contributed by atoms with E-state index in [4.69, 9.17) is 5.73 Å². The van der Waals surface area contributed by atoms with Crippen LogP contribution in [0.5, 0.6) is 0 Å². The molecule has 3 aromatic rings. The lowest BCUT2D eigenvalue weighted by Crippen LogP contribution is -2.36. The molecule has 8 nitrogen and oxygen atoms in total. The van der Waals surface area contributed by atoms with Crippen LogP contribution < -0.4 is 16.6 Å². The number of fused-ring (bicyclic) bond motifs is 1. The maximum Gasteiger partial charge on any atom is 0.318 e. The first-order valence-electron chi connectivity index (χ1n) is 7.65. The van der Waals surface area contributed by atoms with Gasteiger partial charge in [-0.25, -0.2) is 9.78 Å². The molecule has 26 heavy (non-hydrogen) atoms. The van der Waals surface area contributed by atoms with Gasteiger partial charge in [0.1, 0.15) is 0 Å². The Bertz CT molecular complexity index is 1020. The number of urea groups is 1. The minimum atomic E-state index is -0.921. The second kappa shape index (κ2) is 7.79. The molecular formula is C17H15N5O3S. The number of nitrogens with one attached hydrogen (secondary N) is 1. The van der Waals surface area contributed by atoms with E-state index in [9.17, 15) is 14.4 Å². The molecule has 2 aromatic heterocycles. The Labute approximate surface area is 152 Å². The van der Waals surface area contributed by atoms with Crippen molar-refractivity contribution in [3.05, 3.63) is 64.7 Å². The number of para-hydroxylation sites is 1. The van der Waals surface area contributed by atoms with E-state index in [2.05, 4.69) is 9.97 Å². The molecule has 0 spiro atoms. The first kappa shape index (κ1) is 17.6. The van der Waals surface area contributed by atoms with Crippen molar-refractivity contribution in [2.45, 2.75) is 11.7 Å². The molecule has 1 aromatic carbocycles. The van der Waals surface area contributed by atoms with Crippen LogP contribution in [0.25, 0.3) is 10.9 Å². The summed E-state index contributed by atoms with van der Waals surface area (Å²) < 4.78 is 1.49. The van der Waals surface area contributed by atoms with Gasteiger partial charge in [-0.3, -0.25) is 24.5 Å². The predicted octanol–water partition coefficient (Wildman–Crippen LogP) is 1.13. The van der Waals surface area contributed by atoms with E-state index < -0.39 is 11.9 Å². The highest BCUT2D eigenvalue weighted by Crippen LogP contribution is 2.18. The Morgan fingerprint density at radius 2 is 2.00 bits per heavy atom. The number of hydrogen-bond donors (Lipinski definition) is 2. The summed E-state index contributed by atoms with van der Waals surface area (Å²) in [7, 11) is 0. The molecule has 9 heteroatoms. The van der Waals surface area contributed by atoms with Gasteiger partial charge in [-0.05, 0) is 23.8 Å². The molecule has 0 aliphatic carbocycles. The van der Waals surface area contributed by atoms with Crippen LogP contribution in [0.3, 0.4) is 0 Å². The van der Waals surface area contributed by atoms with Crippen LogP contribution in [0.1, 0.15) is 5.56 Å². The molecule has 0 aliphatic rings. The lowest BCUT2D eigenvalue weighted by atomic mass is 10.2. The Morgan fingerprint density at radius 1 is 1.19 bits per heavy atom. The van der Waals surface area contributed by atoms with E-state index in [0.29, 0.717) is 16.1 Å². The number of nitrogens with zero attached hydrogens (tertiary/aromatic N) is 3. The summed E-state index contributed by atoms with van der Waals surface area (Å²) in [5, 5.41) is 2.85. The van der Waals surface area contributed by atoms with E-state index >= 15 is 0 Å². The molecule has 0 saturated heterocycles. The monoisotopic (exact) mass is 369 g/mol. The van der Waals surface area contributed by atoms with Crippen molar-refractivity contribution in [2.75, 3.05) is 5.75 Å². The normalized spacial score (nSPS) is 10.6. The maximum atomic E-state index is 12.9. The molecule has 0 unspecified atom stereocenters. The Kier molecular flexibility index (Phi) is 5.28. The van der Waals surface area contributed by atoms with Gasteiger partial charge in [-0.1, -0.05) is 30.0 Å². The molecule has 0 fully saturated rings. The number of thioether (sulfide) groups is 1. The van der Waals surface area contributed by atoms with Crippen molar-refractivity contribution in [2.24, 2.45) is 5.73 Å². The first-order valence-corrected chi connectivity index (χ1v) is 8.63. The third-order valence-electron chi connectivity index (χ3n) is 3.49. The standard InChI is InChI=1S/C17H15N5O3S/c18-16(25)21-14(23)10-26-17-20-13-6-2-1-5-12(13)15(24)22(17)9-11-4-3-7-19-8-11/h1-8H,9-10H2,(H3,18,21,23,25). The molecule has 0 saturated carbocycles. The number of imide groups is 1. The van der Waals surface area contributed by atoms with E-state index in [0.717, 1.165) is 17.3 Å². The van der Waals surface area contributed by atoms with Crippen molar-refractivity contribution in [1.29, 1.82) is 0 Å². The first-order chi connectivity index (χ1) is 12.5. The van der Waals surface area contributed by atoms with Crippen LogP contribution in [0, 0.1) is 0 Å². The van der Waals surface area contributed by atoms with Gasteiger partial charge >= 0.3 is 6.03 Å². The number of primary amides is 1. The molecular weight excluding hydrogens is 354 g/mol. The Balaban J connectivity index is 1.99. The summed E-state index contributed by atoms with van der Waals surface area (Å²) in [6.45, 7) is 0.268. The Morgan fingerprint density at radius 3 is 2.73 bits per heavy atom. The summed E-state index contributed by atoms with van der Waals surface area (Å²) in [5.74, 6) is -0.654. The minimum Gasteiger partial charge on any atom is -0.351 e. The maximum absolute atomic E-state index is 12.9. The van der Waals surface area contributed by atoms with Crippen molar-refractivity contribution >= 4 is 34.6 Å². The average molecular weight is 369 g/mol. The minimum absolute atomic E-state index is 0.0965. The smallest absolute Gasteiger partial charge is 0.318 e. The summed E-state index contributed by atoms with van der Waals surface area (Å²) >= 11 is 1.06. The highest BCUT2D eigenvalue weighted by molar-refractivity contribution is 7.99. The molecule has 132 valence electrons. The van der Waals surface area contributed by atoms with Crippen LogP contribution >= 0.6 is 11.8 Å². The number of hydrogen-bond acceptors (Lipinski definition) is 6. The fraction of sp³-hybridized carbons (Fsp3) is 0.118. The van der Waals surface area contributed by atoms with Gasteiger partial charge in [-0.2, -0.15) is 0 Å². The third kappa shape index (κ3) is 4.06. The highest BCUT2D eigenvalue weighted by Gasteiger charge is 2.14. The predicted molar refractivity (Wildman–Crippen MR) is 97.8 cm³/mol. The molecule has 3 amide bonds. The van der Waals surface area contributed by atoms with Gasteiger partial charge in [0.15, 0.2) is 5.16 Å². The largest absolute Gasteiger partial charge is 0.351 e. The van der Waals surface area contributed by atoms with Crippen LogP contribution in [0.15, 0.2) is 58.7 Å². The third-order valence-corrected chi connectivity index (χ3v) is 4.46. The number of carbonyl (C=O) groups excluding carboxylic acids is 2. The number of nitrogens with two attached hydrogens (primary N) is 1. The van der Waals surface area contributed by atoms with Crippen molar-refractivity contribution in [3.8, 4) is 0 Å². The molecule has 3 rings (SSSR count). The zero-order chi connectivity index (χ0) is 18.5. The van der Waals surface area contributed by atoms with Gasteiger partial charge in [0, 0.05) is 12.4 Å². The summed E-state index contributed by atoms with van der Waals surface area (Å²) in [5.41, 5.74) is 6.09. The number of amides is 3. The summed E-state index contributed by atoms with van der Waals surface area (Å²) in [4.78, 5) is 43.9. The SMILES string of the molecule is NC(=O)NC(=O)CSc1nc2ccccc2c(=O)n1Cc1cccnc1. The van der Waals surface area contributed by atoms with Gasteiger partial charge < -0.3 is 5.73 Å². The van der Waals surface area contributed by atoms with Gasteiger partial charge in [0.05, 0.1) is 23.2 Å². The molecule has 0 bridgehead atoms. The average Bonchev–Trinajstić information content (AvgIpc) is 2.63. The van der Waals surface area contributed by atoms with E-state index in [1.807, 2.05) is 11.4 Å². The second-order valence-corrected chi connectivity index (χ2v) is 6.31. The second-order valence-electron chi connectivity index (χ2n) is 5.37. The summed E-state index contributed by atoms with van der Waals surface area (Å²) in [6.07, 6.45) is 3.31. The number of aromatic nitrogens is 3. The zero-order valence-electron chi connectivity index (χ0n) is 13.6. The quantitative estimate of drug-likeness (QED) is 0.514. The van der Waals surface area contributed by atoms with Gasteiger partial charge in [0.2, 0.25) is 5.91 Å². The fourth-order valence-electron chi connectivity index (χ4n) is 2.38. The summed E-state index contributed by atoms with van der Waals surface area (Å²) in [6, 6.07) is 9.71. The molecule has 0 atom stereocenters. The molecule has 3 N–H and O–H groups in total. The molecule has 0 aliphatic heterocycles. The highest BCUT2D eigenvalue weighted by atomic mass is 32.2. The Hall–Kier alpha value is -3.20. The van der Waals surface area contributed by atoms with Crippen molar-refractivity contribution in [1.82, 2.24) is 19.9 Å². The lowest BCUT2D eigenvalue weighted by Gasteiger charge is -2.13. The van der Waals surface area contributed by atoms with E-state index in [1.165, 1.54) is 4.57 Å². The number of rotatable bonds is 5. The van der Waals surface area contributed by atoms with Crippen molar-refractivity contribution < 1.29 is 9.59 Å². The topological polar surface area (TPSA) is 120 Å². The number of benzene rings is 1. The molecule has 0 radical (unpaired) electrons. The van der Waals surface area contributed by atoms with Crippen LogP contribution in [-0.2, 0) is 11.3 Å². The number of pyridine rings is 1. The van der Waals surface area contributed by atoms with Gasteiger partial charge in [0.25, 0.3) is 5.56 Å². The van der Waals surface area contributed by atoms with E-state index in [1.54, 1.807) is 42.7 Å². The number of carbonyl (C=O) groups is 2.